The van der Waals surface area contributed by atoms with Crippen molar-refractivity contribution >= 4 is 17.5 Å². The molecule has 3 nitrogen and oxygen atoms in total. The van der Waals surface area contributed by atoms with Crippen LogP contribution in [0.15, 0.2) is 18.2 Å². The molecule has 0 spiro atoms. The summed E-state index contributed by atoms with van der Waals surface area (Å²) in [5.41, 5.74) is 0.935. The molecule has 1 aromatic carbocycles. The molecule has 1 aliphatic carbocycles. The lowest BCUT2D eigenvalue weighted by Gasteiger charge is -2.12. The largest absolute Gasteiger partial charge is 0.493 e. The normalized spacial score (nSPS) is 14.3. The Morgan fingerprint density at radius 3 is 2.94 bits per heavy atom. The fourth-order valence-electron chi connectivity index (χ4n) is 1.71. The zero-order chi connectivity index (χ0) is 13.0. The van der Waals surface area contributed by atoms with Crippen LogP contribution < -0.4 is 10.1 Å². The van der Waals surface area contributed by atoms with E-state index in [4.69, 9.17) is 16.3 Å². The van der Waals surface area contributed by atoms with Crippen LogP contribution in [-0.2, 0) is 11.3 Å². The zero-order valence-electron chi connectivity index (χ0n) is 10.5. The molecule has 0 heterocycles. The molecule has 1 saturated carbocycles. The standard InChI is InChI=1S/C14H18ClNO2/c1-2-7-18-13-6-5-12(15)8-11(13)9-16-14(17)10-3-4-10/h5-6,8,10H,2-4,7,9H2,1H3,(H,16,17). The van der Waals surface area contributed by atoms with Gasteiger partial charge in [-0.1, -0.05) is 18.5 Å². The molecule has 0 unspecified atom stereocenters. The van der Waals surface area contributed by atoms with E-state index < -0.39 is 0 Å². The van der Waals surface area contributed by atoms with Gasteiger partial charge in [0.05, 0.1) is 6.61 Å². The highest BCUT2D eigenvalue weighted by Crippen LogP contribution is 2.29. The summed E-state index contributed by atoms with van der Waals surface area (Å²) in [6.45, 7) is 3.21. The van der Waals surface area contributed by atoms with Crippen LogP contribution in [0.3, 0.4) is 0 Å². The number of halogens is 1. The summed E-state index contributed by atoms with van der Waals surface area (Å²) in [7, 11) is 0. The van der Waals surface area contributed by atoms with Crippen molar-refractivity contribution in [1.29, 1.82) is 0 Å². The van der Waals surface area contributed by atoms with Crippen molar-refractivity contribution in [3.63, 3.8) is 0 Å². The van der Waals surface area contributed by atoms with Crippen LogP contribution in [0.4, 0.5) is 0 Å². The molecule has 0 radical (unpaired) electrons. The van der Waals surface area contributed by atoms with Gasteiger partial charge in [0.2, 0.25) is 5.91 Å². The first-order valence-electron chi connectivity index (χ1n) is 6.39. The lowest BCUT2D eigenvalue weighted by Crippen LogP contribution is -2.24. The van der Waals surface area contributed by atoms with Gasteiger partial charge in [0.1, 0.15) is 5.75 Å². The van der Waals surface area contributed by atoms with E-state index in [0.717, 1.165) is 30.6 Å². The smallest absolute Gasteiger partial charge is 0.223 e. The predicted molar refractivity (Wildman–Crippen MR) is 71.8 cm³/mol. The maximum absolute atomic E-state index is 11.6. The van der Waals surface area contributed by atoms with Crippen LogP contribution in [0, 0.1) is 5.92 Å². The Balaban J connectivity index is 1.99. The lowest BCUT2D eigenvalue weighted by molar-refractivity contribution is -0.122. The Bertz CT molecular complexity index is 430. The van der Waals surface area contributed by atoms with Crippen molar-refractivity contribution in [1.82, 2.24) is 5.32 Å². The van der Waals surface area contributed by atoms with E-state index in [1.54, 1.807) is 6.07 Å². The number of benzene rings is 1. The third-order valence-corrected chi connectivity index (χ3v) is 3.12. The van der Waals surface area contributed by atoms with Crippen LogP contribution in [0.25, 0.3) is 0 Å². The van der Waals surface area contributed by atoms with Crippen LogP contribution in [0.1, 0.15) is 31.7 Å². The fraction of sp³-hybridized carbons (Fsp3) is 0.500. The molecule has 0 aromatic heterocycles. The first kappa shape index (κ1) is 13.2. The van der Waals surface area contributed by atoms with E-state index in [-0.39, 0.29) is 11.8 Å². The fourth-order valence-corrected chi connectivity index (χ4v) is 1.91. The van der Waals surface area contributed by atoms with Crippen molar-refractivity contribution in [2.24, 2.45) is 5.92 Å². The third kappa shape index (κ3) is 3.64. The van der Waals surface area contributed by atoms with Crippen molar-refractivity contribution in [3.8, 4) is 5.75 Å². The molecule has 18 heavy (non-hydrogen) atoms. The summed E-state index contributed by atoms with van der Waals surface area (Å²) in [5, 5.41) is 3.59. The number of rotatable bonds is 6. The average molecular weight is 268 g/mol. The summed E-state index contributed by atoms with van der Waals surface area (Å²) in [6.07, 6.45) is 2.98. The minimum Gasteiger partial charge on any atom is -0.493 e. The van der Waals surface area contributed by atoms with Gasteiger partial charge in [-0.2, -0.15) is 0 Å². The molecule has 0 atom stereocenters. The number of carbonyl (C=O) groups excluding carboxylic acids is 1. The van der Waals surface area contributed by atoms with E-state index in [9.17, 15) is 4.79 Å². The second-order valence-electron chi connectivity index (χ2n) is 4.59. The molecule has 1 aromatic rings. The second kappa shape index (κ2) is 6.10. The molecular weight excluding hydrogens is 250 g/mol. The molecule has 1 fully saturated rings. The van der Waals surface area contributed by atoms with Crippen molar-refractivity contribution in [3.05, 3.63) is 28.8 Å². The van der Waals surface area contributed by atoms with E-state index in [0.29, 0.717) is 18.2 Å². The minimum atomic E-state index is 0.136. The van der Waals surface area contributed by atoms with Gasteiger partial charge in [0.15, 0.2) is 0 Å². The van der Waals surface area contributed by atoms with Crippen LogP contribution >= 0.6 is 11.6 Å². The highest BCUT2D eigenvalue weighted by Gasteiger charge is 2.29. The molecule has 4 heteroatoms. The van der Waals surface area contributed by atoms with Gasteiger partial charge in [0, 0.05) is 23.0 Å². The molecule has 0 aliphatic heterocycles. The summed E-state index contributed by atoms with van der Waals surface area (Å²) < 4.78 is 5.64. The number of ether oxygens (including phenoxy) is 1. The highest BCUT2D eigenvalue weighted by atomic mass is 35.5. The number of amides is 1. The first-order valence-corrected chi connectivity index (χ1v) is 6.77. The van der Waals surface area contributed by atoms with Gasteiger partial charge >= 0.3 is 0 Å². The van der Waals surface area contributed by atoms with Crippen LogP contribution in [0.2, 0.25) is 5.02 Å². The molecule has 2 rings (SSSR count). The molecule has 1 N–H and O–H groups in total. The maximum atomic E-state index is 11.6. The van der Waals surface area contributed by atoms with Crippen LogP contribution in [0.5, 0.6) is 5.75 Å². The van der Waals surface area contributed by atoms with Crippen LogP contribution in [-0.4, -0.2) is 12.5 Å². The van der Waals surface area contributed by atoms with Crippen molar-refractivity contribution in [2.45, 2.75) is 32.7 Å². The Morgan fingerprint density at radius 1 is 1.50 bits per heavy atom. The molecular formula is C14H18ClNO2. The van der Waals surface area contributed by atoms with Gasteiger partial charge in [-0.3, -0.25) is 4.79 Å². The quantitative estimate of drug-likeness (QED) is 0.860. The van der Waals surface area contributed by atoms with Gasteiger partial charge < -0.3 is 10.1 Å². The van der Waals surface area contributed by atoms with E-state index in [1.807, 2.05) is 12.1 Å². The molecule has 0 saturated heterocycles. The zero-order valence-corrected chi connectivity index (χ0v) is 11.3. The topological polar surface area (TPSA) is 38.3 Å². The second-order valence-corrected chi connectivity index (χ2v) is 5.03. The number of carbonyl (C=O) groups is 1. The van der Waals surface area contributed by atoms with Crippen molar-refractivity contribution in [2.75, 3.05) is 6.61 Å². The highest BCUT2D eigenvalue weighted by molar-refractivity contribution is 6.30. The molecule has 98 valence electrons. The number of nitrogens with one attached hydrogen (secondary N) is 1. The Morgan fingerprint density at radius 2 is 2.28 bits per heavy atom. The summed E-state index contributed by atoms with van der Waals surface area (Å²) in [6, 6.07) is 5.51. The first-order chi connectivity index (χ1) is 8.70. The molecule has 0 bridgehead atoms. The summed E-state index contributed by atoms with van der Waals surface area (Å²) in [4.78, 5) is 11.6. The average Bonchev–Trinajstić information content (AvgIpc) is 3.19. The summed E-state index contributed by atoms with van der Waals surface area (Å²) >= 11 is 5.97. The summed E-state index contributed by atoms with van der Waals surface area (Å²) in [5.74, 6) is 1.16. The monoisotopic (exact) mass is 267 g/mol. The Kier molecular flexibility index (Phi) is 4.48. The minimum absolute atomic E-state index is 0.136. The third-order valence-electron chi connectivity index (χ3n) is 2.89. The van der Waals surface area contributed by atoms with E-state index in [2.05, 4.69) is 12.2 Å². The Labute approximate surface area is 112 Å². The SMILES string of the molecule is CCCOc1ccc(Cl)cc1CNC(=O)C1CC1. The number of hydrogen-bond acceptors (Lipinski definition) is 2. The van der Waals surface area contributed by atoms with Gasteiger partial charge in [-0.05, 0) is 37.5 Å². The van der Waals surface area contributed by atoms with Gasteiger partial charge in [-0.25, -0.2) is 0 Å². The molecule has 1 aliphatic rings. The number of hydrogen-bond donors (Lipinski definition) is 1. The lowest BCUT2D eigenvalue weighted by atomic mass is 10.2. The van der Waals surface area contributed by atoms with Gasteiger partial charge in [0.25, 0.3) is 0 Å². The molecule has 1 amide bonds. The van der Waals surface area contributed by atoms with E-state index >= 15 is 0 Å². The maximum Gasteiger partial charge on any atom is 0.223 e. The van der Waals surface area contributed by atoms with E-state index in [1.165, 1.54) is 0 Å². The Hall–Kier alpha value is -1.22. The van der Waals surface area contributed by atoms with Crippen molar-refractivity contribution < 1.29 is 9.53 Å². The predicted octanol–water partition coefficient (Wildman–Crippen LogP) is 3.16. The van der Waals surface area contributed by atoms with Gasteiger partial charge in [-0.15, -0.1) is 0 Å².